The van der Waals surface area contributed by atoms with Crippen LogP contribution in [-0.4, -0.2) is 24.9 Å². The summed E-state index contributed by atoms with van der Waals surface area (Å²) in [6.45, 7) is 1.96. The monoisotopic (exact) mass is 447 g/mol. The SMILES string of the molecule is Cc1ncc(-c2nc3[nH]c(=O)cc(-c4ccccc4)c3nc2-c2ccc3ncccc3c2)s1. The molecule has 0 unspecified atom stereocenters. The van der Waals surface area contributed by atoms with Crippen LogP contribution in [0.25, 0.3) is 55.0 Å². The van der Waals surface area contributed by atoms with E-state index < -0.39 is 0 Å². The highest BCUT2D eigenvalue weighted by molar-refractivity contribution is 7.15. The first-order valence-electron chi connectivity index (χ1n) is 10.4. The lowest BCUT2D eigenvalue weighted by molar-refractivity contribution is 1.19. The molecule has 1 N–H and O–H groups in total. The maximum Gasteiger partial charge on any atom is 0.250 e. The van der Waals surface area contributed by atoms with Gasteiger partial charge in [-0.05, 0) is 30.7 Å². The lowest BCUT2D eigenvalue weighted by Gasteiger charge is -2.12. The molecule has 2 aromatic carbocycles. The van der Waals surface area contributed by atoms with Crippen molar-refractivity contribution in [2.75, 3.05) is 0 Å². The third-order valence-electron chi connectivity index (χ3n) is 5.48. The first kappa shape index (κ1) is 19.5. The molecular formula is C26H17N5OS. The van der Waals surface area contributed by atoms with Crippen molar-refractivity contribution in [1.82, 2.24) is 24.9 Å². The van der Waals surface area contributed by atoms with Gasteiger partial charge in [-0.15, -0.1) is 11.3 Å². The van der Waals surface area contributed by atoms with Crippen LogP contribution in [0.4, 0.5) is 0 Å². The van der Waals surface area contributed by atoms with Crippen LogP contribution in [0.15, 0.2) is 83.9 Å². The topological polar surface area (TPSA) is 84.4 Å². The quantitative estimate of drug-likeness (QED) is 0.380. The van der Waals surface area contributed by atoms with Gasteiger partial charge >= 0.3 is 0 Å². The maximum absolute atomic E-state index is 12.5. The standard InChI is InChI=1S/C26H17N5OS/c1-15-28-14-21(33-15)25-23(18-9-10-20-17(12-18)8-5-11-27-20)30-24-19(16-6-3-2-4-7-16)13-22(32)29-26(24)31-25/h2-14H,1H3,(H,29,31,32). The van der Waals surface area contributed by atoms with Crippen LogP contribution in [0.1, 0.15) is 5.01 Å². The Labute approximate surface area is 192 Å². The number of pyridine rings is 2. The fourth-order valence-corrected chi connectivity index (χ4v) is 4.74. The van der Waals surface area contributed by atoms with Gasteiger partial charge in [-0.1, -0.05) is 42.5 Å². The number of aromatic nitrogens is 5. The zero-order valence-corrected chi connectivity index (χ0v) is 18.4. The minimum Gasteiger partial charge on any atom is -0.305 e. The summed E-state index contributed by atoms with van der Waals surface area (Å²) in [6.07, 6.45) is 3.59. The Morgan fingerprint density at radius 1 is 0.848 bits per heavy atom. The number of hydrogen-bond donors (Lipinski definition) is 1. The molecule has 6 nitrogen and oxygen atoms in total. The number of H-pyrrole nitrogens is 1. The highest BCUT2D eigenvalue weighted by Crippen LogP contribution is 2.36. The van der Waals surface area contributed by atoms with Crippen LogP contribution >= 0.6 is 11.3 Å². The first-order valence-corrected chi connectivity index (χ1v) is 11.3. The Morgan fingerprint density at radius 2 is 1.73 bits per heavy atom. The molecule has 6 rings (SSSR count). The smallest absolute Gasteiger partial charge is 0.250 e. The zero-order valence-electron chi connectivity index (χ0n) is 17.6. The van der Waals surface area contributed by atoms with Gasteiger partial charge < -0.3 is 4.98 Å². The van der Waals surface area contributed by atoms with Gasteiger partial charge in [-0.2, -0.15) is 0 Å². The summed E-state index contributed by atoms with van der Waals surface area (Å²) in [5, 5.41) is 1.96. The van der Waals surface area contributed by atoms with E-state index in [9.17, 15) is 4.79 Å². The third-order valence-corrected chi connectivity index (χ3v) is 6.40. The molecular weight excluding hydrogens is 430 g/mol. The van der Waals surface area contributed by atoms with Gasteiger partial charge in [0, 0.05) is 35.0 Å². The molecule has 0 radical (unpaired) electrons. The molecule has 33 heavy (non-hydrogen) atoms. The summed E-state index contributed by atoms with van der Waals surface area (Å²) < 4.78 is 0. The molecule has 0 amide bonds. The molecule has 0 saturated carbocycles. The van der Waals surface area contributed by atoms with E-state index in [0.717, 1.165) is 43.2 Å². The van der Waals surface area contributed by atoms with Gasteiger partial charge in [0.05, 0.1) is 21.1 Å². The Hall–Kier alpha value is -4.23. The second-order valence-corrected chi connectivity index (χ2v) is 8.92. The van der Waals surface area contributed by atoms with Crippen LogP contribution in [0.5, 0.6) is 0 Å². The molecule has 7 heteroatoms. The van der Waals surface area contributed by atoms with Crippen molar-refractivity contribution in [3.05, 3.63) is 94.5 Å². The molecule has 0 atom stereocenters. The van der Waals surface area contributed by atoms with E-state index in [4.69, 9.17) is 9.97 Å². The second-order valence-electron chi connectivity index (χ2n) is 7.69. The molecule has 0 spiro atoms. The lowest BCUT2D eigenvalue weighted by Crippen LogP contribution is -2.08. The predicted octanol–water partition coefficient (Wildman–Crippen LogP) is 5.63. The van der Waals surface area contributed by atoms with Crippen molar-refractivity contribution in [2.24, 2.45) is 0 Å². The lowest BCUT2D eigenvalue weighted by atomic mass is 10.0. The molecule has 0 aliphatic carbocycles. The summed E-state index contributed by atoms with van der Waals surface area (Å²) in [6, 6.07) is 21.4. The molecule has 0 aliphatic rings. The van der Waals surface area contributed by atoms with Crippen LogP contribution in [0.2, 0.25) is 0 Å². The summed E-state index contributed by atoms with van der Waals surface area (Å²) >= 11 is 1.55. The summed E-state index contributed by atoms with van der Waals surface area (Å²) in [4.78, 5) is 35.1. The van der Waals surface area contributed by atoms with Crippen molar-refractivity contribution < 1.29 is 0 Å². The van der Waals surface area contributed by atoms with E-state index in [2.05, 4.69) is 21.0 Å². The van der Waals surface area contributed by atoms with E-state index in [-0.39, 0.29) is 5.56 Å². The summed E-state index contributed by atoms with van der Waals surface area (Å²) in [5.41, 5.74) is 5.82. The van der Waals surface area contributed by atoms with Crippen LogP contribution < -0.4 is 5.56 Å². The van der Waals surface area contributed by atoms with Crippen molar-refractivity contribution in [3.8, 4) is 33.0 Å². The number of nitrogens with one attached hydrogen (secondary N) is 1. The number of nitrogens with zero attached hydrogens (tertiary/aromatic N) is 4. The number of rotatable bonds is 3. The average molecular weight is 448 g/mol. The number of aromatic amines is 1. The number of aryl methyl sites for hydroxylation is 1. The van der Waals surface area contributed by atoms with E-state index in [1.54, 1.807) is 29.8 Å². The van der Waals surface area contributed by atoms with Crippen LogP contribution in [-0.2, 0) is 0 Å². The molecule has 4 aromatic heterocycles. The van der Waals surface area contributed by atoms with Gasteiger partial charge in [-0.25, -0.2) is 15.0 Å². The fourth-order valence-electron chi connectivity index (χ4n) is 3.97. The van der Waals surface area contributed by atoms with Crippen molar-refractivity contribution in [1.29, 1.82) is 0 Å². The summed E-state index contributed by atoms with van der Waals surface area (Å²) in [7, 11) is 0. The Bertz CT molecular complexity index is 1710. The van der Waals surface area contributed by atoms with Crippen LogP contribution in [0.3, 0.4) is 0 Å². The largest absolute Gasteiger partial charge is 0.305 e. The maximum atomic E-state index is 12.5. The Balaban J connectivity index is 1.69. The Morgan fingerprint density at radius 3 is 2.55 bits per heavy atom. The van der Waals surface area contributed by atoms with Gasteiger partial charge in [0.25, 0.3) is 0 Å². The highest BCUT2D eigenvalue weighted by atomic mass is 32.1. The molecule has 0 saturated heterocycles. The highest BCUT2D eigenvalue weighted by Gasteiger charge is 2.18. The van der Waals surface area contributed by atoms with Crippen LogP contribution in [0, 0.1) is 6.92 Å². The van der Waals surface area contributed by atoms with Crippen molar-refractivity contribution in [2.45, 2.75) is 6.92 Å². The zero-order chi connectivity index (χ0) is 22.4. The minimum absolute atomic E-state index is 0.216. The number of fused-ring (bicyclic) bond motifs is 2. The van der Waals surface area contributed by atoms with E-state index in [1.165, 1.54) is 0 Å². The van der Waals surface area contributed by atoms with E-state index in [0.29, 0.717) is 16.9 Å². The Kier molecular flexibility index (Phi) is 4.55. The second kappa shape index (κ2) is 7.72. The predicted molar refractivity (Wildman–Crippen MR) is 132 cm³/mol. The number of thiazole rings is 1. The minimum atomic E-state index is -0.216. The van der Waals surface area contributed by atoms with E-state index in [1.807, 2.05) is 61.5 Å². The molecule has 4 heterocycles. The summed E-state index contributed by atoms with van der Waals surface area (Å²) in [5.74, 6) is 0. The van der Waals surface area contributed by atoms with Gasteiger partial charge in [0.2, 0.25) is 5.56 Å². The molecule has 0 fully saturated rings. The van der Waals surface area contributed by atoms with Crippen molar-refractivity contribution >= 4 is 33.4 Å². The van der Waals surface area contributed by atoms with Crippen molar-refractivity contribution in [3.63, 3.8) is 0 Å². The average Bonchev–Trinajstić information content (AvgIpc) is 3.29. The van der Waals surface area contributed by atoms with E-state index >= 15 is 0 Å². The number of benzene rings is 2. The molecule has 158 valence electrons. The molecule has 0 aliphatic heterocycles. The first-order chi connectivity index (χ1) is 16.2. The molecule has 0 bridgehead atoms. The number of hydrogen-bond acceptors (Lipinski definition) is 6. The van der Waals surface area contributed by atoms with Gasteiger partial charge in [-0.3, -0.25) is 9.78 Å². The molecule has 6 aromatic rings. The third kappa shape index (κ3) is 3.48. The van der Waals surface area contributed by atoms with Gasteiger partial charge in [0.1, 0.15) is 11.2 Å². The van der Waals surface area contributed by atoms with Gasteiger partial charge in [0.15, 0.2) is 5.65 Å². The normalized spacial score (nSPS) is 11.3. The fraction of sp³-hybridized carbons (Fsp3) is 0.0385.